The van der Waals surface area contributed by atoms with Crippen LogP contribution in [0, 0.1) is 18.7 Å². The first-order valence-electron chi connectivity index (χ1n) is 25.1. The minimum absolute atomic E-state index is 0.00577. The van der Waals surface area contributed by atoms with Gasteiger partial charge in [-0.25, -0.2) is 9.18 Å². The normalized spacial score (nSPS) is 17.4. The molecule has 1 aliphatic carbocycles. The predicted octanol–water partition coefficient (Wildman–Crippen LogP) is 13.0. The number of amides is 1. The Balaban J connectivity index is 1.17. The van der Waals surface area contributed by atoms with Crippen molar-refractivity contribution in [2.45, 2.75) is 110 Å². The van der Waals surface area contributed by atoms with Crippen molar-refractivity contribution < 1.29 is 23.4 Å². The highest BCUT2D eigenvalue weighted by Crippen LogP contribution is 2.54. The molecule has 0 unspecified atom stereocenters. The highest BCUT2D eigenvalue weighted by molar-refractivity contribution is 6.06. The number of likely N-dealkylation sites (tertiary alicyclic amines) is 1. The molecule has 3 atom stereocenters. The first kappa shape index (κ1) is 46.1. The predicted molar refractivity (Wildman–Crippen MR) is 278 cm³/mol. The van der Waals surface area contributed by atoms with Crippen LogP contribution >= 0.6 is 0 Å². The Morgan fingerprint density at radius 3 is 1.92 bits per heavy atom. The van der Waals surface area contributed by atoms with E-state index in [2.05, 4.69) is 116 Å². The number of fused-ring (bicyclic) bond motifs is 4. The third-order valence-corrected chi connectivity index (χ3v) is 14.7. The van der Waals surface area contributed by atoms with Gasteiger partial charge < -0.3 is 24.0 Å². The highest BCUT2D eigenvalue weighted by atomic mass is 19.1. The number of aromatic nitrogens is 4. The molecule has 8 aromatic rings. The van der Waals surface area contributed by atoms with Crippen LogP contribution in [-0.4, -0.2) is 67.6 Å². The largest absolute Gasteiger partial charge is 0.486 e. The third-order valence-electron chi connectivity index (χ3n) is 14.7. The first-order chi connectivity index (χ1) is 34.3. The summed E-state index contributed by atoms with van der Waals surface area (Å²) in [5.41, 5.74) is 6.64. The molecule has 2 aliphatic heterocycles. The molecule has 1 saturated carbocycles. The average Bonchev–Trinajstić information content (AvgIpc) is 3.81. The van der Waals surface area contributed by atoms with Crippen LogP contribution in [0.15, 0.2) is 140 Å². The average molecular weight is 949 g/mol. The minimum atomic E-state index is -0.935. The Labute approximate surface area is 415 Å². The van der Waals surface area contributed by atoms with Gasteiger partial charge in [-0.1, -0.05) is 135 Å². The van der Waals surface area contributed by atoms with E-state index in [9.17, 15) is 4.79 Å². The summed E-state index contributed by atoms with van der Waals surface area (Å²) in [4.78, 5) is 28.3. The fraction of sp³-hybridized carbons (Fsp3) is 0.333. The Hall–Kier alpha value is -7.27. The summed E-state index contributed by atoms with van der Waals surface area (Å²) in [5.74, 6) is 1.28. The summed E-state index contributed by atoms with van der Waals surface area (Å²) < 4.78 is 38.9. The summed E-state index contributed by atoms with van der Waals surface area (Å²) in [6, 6.07) is 45.4. The van der Waals surface area contributed by atoms with Gasteiger partial charge in [-0.2, -0.15) is 15.1 Å². The summed E-state index contributed by atoms with van der Waals surface area (Å²) in [6.45, 7) is 15.2. The van der Waals surface area contributed by atoms with Gasteiger partial charge >= 0.3 is 12.1 Å². The molecular weight excluding hydrogens is 888 g/mol. The molecule has 1 amide bonds. The molecule has 10 nitrogen and oxygen atoms in total. The van der Waals surface area contributed by atoms with Crippen molar-refractivity contribution in [3.05, 3.63) is 179 Å². The van der Waals surface area contributed by atoms with Gasteiger partial charge in [0.15, 0.2) is 5.75 Å². The van der Waals surface area contributed by atoms with Gasteiger partial charge in [0.2, 0.25) is 0 Å². The molecule has 2 bridgehead atoms. The highest BCUT2D eigenvalue weighted by Gasteiger charge is 2.48. The second-order valence-corrected chi connectivity index (χ2v) is 21.0. The molecule has 0 N–H and O–H groups in total. The van der Waals surface area contributed by atoms with Gasteiger partial charge in [-0.05, 0) is 105 Å². The van der Waals surface area contributed by atoms with Crippen molar-refractivity contribution in [2.24, 2.45) is 5.92 Å². The minimum Gasteiger partial charge on any atom is -0.486 e. The maximum atomic E-state index is 17.2. The molecule has 71 heavy (non-hydrogen) atoms. The molecule has 3 fully saturated rings. The Morgan fingerprint density at radius 2 is 1.37 bits per heavy atom. The zero-order chi connectivity index (χ0) is 49.2. The van der Waals surface area contributed by atoms with E-state index in [0.29, 0.717) is 41.0 Å². The van der Waals surface area contributed by atoms with Gasteiger partial charge in [0, 0.05) is 47.3 Å². The summed E-state index contributed by atoms with van der Waals surface area (Å²) in [6.07, 6.45) is 4.33. The van der Waals surface area contributed by atoms with E-state index < -0.39 is 11.1 Å². The Bertz CT molecular complexity index is 3150. The number of nitrogens with zero attached hydrogens (tertiary/aromatic N) is 6. The lowest BCUT2D eigenvalue weighted by atomic mass is 9.77. The van der Waals surface area contributed by atoms with Crippen molar-refractivity contribution in [1.82, 2.24) is 24.6 Å². The molecule has 11 rings (SSSR count). The molecule has 2 aromatic heterocycles. The molecule has 4 heterocycles. The summed E-state index contributed by atoms with van der Waals surface area (Å²) >= 11 is 0. The van der Waals surface area contributed by atoms with Crippen molar-refractivity contribution in [2.75, 3.05) is 18.0 Å². The zero-order valence-electron chi connectivity index (χ0n) is 41.6. The van der Waals surface area contributed by atoms with E-state index in [1.807, 2.05) is 80.6 Å². The standard InChI is InChI=1S/C60H61FN6O4/c1-37(2)39(4)70-57-62-54-48(56(63-57)65-33-46-30-45(65)34-66(46)58(68)71-59(5,6)7)31-47(41-28-29-41)53(55(54)69-36-40-20-12-8-13-21-40)52-38(3)50(61)32-51-49(52)35-67(64-51)60(42-22-14-9-15-23-42,43-24-16-10-17-25-43)44-26-18-11-19-27-44/h8-27,31-32,35,37,39,41,45-46H,28-30,33-34,36H2,1-7H3/t39-,45-,46-/m0/s1. The molecular formula is C60H61FN6O4. The van der Waals surface area contributed by atoms with Crippen LogP contribution < -0.4 is 14.4 Å². The summed E-state index contributed by atoms with van der Waals surface area (Å²) in [7, 11) is 0. The van der Waals surface area contributed by atoms with Crippen molar-refractivity contribution in [3.8, 4) is 22.9 Å². The Morgan fingerprint density at radius 1 is 0.761 bits per heavy atom. The maximum Gasteiger partial charge on any atom is 0.410 e. The van der Waals surface area contributed by atoms with Crippen LogP contribution in [0.5, 0.6) is 11.8 Å². The van der Waals surface area contributed by atoms with Gasteiger partial charge in [0.05, 0.1) is 17.6 Å². The molecule has 11 heteroatoms. The van der Waals surface area contributed by atoms with Crippen LogP contribution in [0.1, 0.15) is 100 Å². The number of hydrogen-bond donors (Lipinski definition) is 0. The van der Waals surface area contributed by atoms with E-state index in [1.54, 1.807) is 6.07 Å². The number of anilines is 1. The lowest BCUT2D eigenvalue weighted by Gasteiger charge is -2.36. The van der Waals surface area contributed by atoms with E-state index in [-0.39, 0.29) is 54.6 Å². The second kappa shape index (κ2) is 18.2. The van der Waals surface area contributed by atoms with Gasteiger partial charge in [-0.15, -0.1) is 0 Å². The smallest absolute Gasteiger partial charge is 0.410 e. The fourth-order valence-electron chi connectivity index (χ4n) is 10.8. The van der Waals surface area contributed by atoms with Crippen LogP contribution in [0.2, 0.25) is 0 Å². The zero-order valence-corrected chi connectivity index (χ0v) is 41.6. The monoisotopic (exact) mass is 948 g/mol. The third kappa shape index (κ3) is 8.42. The van der Waals surface area contributed by atoms with Gasteiger partial charge in [0.25, 0.3) is 0 Å². The molecule has 2 saturated heterocycles. The lowest BCUT2D eigenvalue weighted by Crippen LogP contribution is -2.50. The molecule has 0 spiro atoms. The lowest BCUT2D eigenvalue weighted by molar-refractivity contribution is 0.0214. The molecule has 0 radical (unpaired) electrons. The van der Waals surface area contributed by atoms with Crippen LogP contribution in [-0.2, 0) is 16.9 Å². The van der Waals surface area contributed by atoms with Crippen LogP contribution in [0.3, 0.4) is 0 Å². The molecule has 6 aromatic carbocycles. The number of benzene rings is 6. The van der Waals surface area contributed by atoms with E-state index in [4.69, 9.17) is 29.3 Å². The SMILES string of the molecule is Cc1c(F)cc2nn(C(c3ccccc3)(c3ccccc3)c3ccccc3)cc2c1-c1c(C2CC2)cc2c(N3C[C@@H]4C[C@H]3CN4C(=O)OC(C)(C)C)nc(O[C@@H](C)C(C)C)nc2c1OCc1ccccc1. The number of rotatable bonds is 13. The molecule has 3 aliphatic rings. The second-order valence-electron chi connectivity index (χ2n) is 21.0. The Kier molecular flexibility index (Phi) is 11.8. The number of carbonyl (C=O) groups is 1. The fourth-order valence-corrected chi connectivity index (χ4v) is 10.8. The van der Waals surface area contributed by atoms with Crippen molar-refractivity contribution in [3.63, 3.8) is 0 Å². The number of halogens is 1. The number of ether oxygens (including phenoxy) is 3. The molecule has 362 valence electrons. The van der Waals surface area contributed by atoms with Crippen molar-refractivity contribution in [1.29, 1.82) is 0 Å². The van der Waals surface area contributed by atoms with E-state index in [0.717, 1.165) is 69.2 Å². The van der Waals surface area contributed by atoms with Crippen LogP contribution in [0.4, 0.5) is 15.0 Å². The van der Waals surface area contributed by atoms with Gasteiger partial charge in [0.1, 0.15) is 41.0 Å². The van der Waals surface area contributed by atoms with Gasteiger partial charge in [-0.3, -0.25) is 4.68 Å². The van der Waals surface area contributed by atoms with E-state index in [1.165, 1.54) is 0 Å². The number of carbonyl (C=O) groups excluding carboxylic acids is 1. The topological polar surface area (TPSA) is 94.8 Å². The van der Waals surface area contributed by atoms with Crippen LogP contribution in [0.25, 0.3) is 32.9 Å². The maximum absolute atomic E-state index is 17.2. The van der Waals surface area contributed by atoms with Crippen molar-refractivity contribution >= 4 is 33.7 Å². The first-order valence-corrected chi connectivity index (χ1v) is 25.1. The number of piperazine rings is 1. The summed E-state index contributed by atoms with van der Waals surface area (Å²) in [5, 5.41) is 7.04. The van der Waals surface area contributed by atoms with E-state index >= 15 is 4.39 Å². The quantitative estimate of drug-likeness (QED) is 0.106. The number of hydrogen-bond acceptors (Lipinski definition) is 8.